The third kappa shape index (κ3) is 2.69. The molecule has 130 valence electrons. The van der Waals surface area contributed by atoms with Crippen molar-refractivity contribution in [3.05, 3.63) is 68.8 Å². The average Bonchev–Trinajstić information content (AvgIpc) is 3.10. The Morgan fingerprint density at radius 3 is 2.81 bits per heavy atom. The van der Waals surface area contributed by atoms with Crippen molar-refractivity contribution < 1.29 is 4.74 Å². The van der Waals surface area contributed by atoms with E-state index in [4.69, 9.17) is 4.74 Å². The van der Waals surface area contributed by atoms with Crippen molar-refractivity contribution >= 4 is 6.21 Å². The summed E-state index contributed by atoms with van der Waals surface area (Å²) in [7, 11) is 0. The molecule has 3 heterocycles. The summed E-state index contributed by atoms with van der Waals surface area (Å²) in [6, 6.07) is 7.73. The Labute approximate surface area is 150 Å². The molecule has 6 heteroatoms. The van der Waals surface area contributed by atoms with Gasteiger partial charge in [0.1, 0.15) is 5.75 Å². The molecule has 0 fully saturated rings. The molecule has 0 amide bonds. The molecular formula is C20H18N4O2. The van der Waals surface area contributed by atoms with E-state index in [0.29, 0.717) is 23.7 Å². The Hall–Kier alpha value is -3.28. The van der Waals surface area contributed by atoms with Gasteiger partial charge >= 0.3 is 0 Å². The minimum atomic E-state index is -0.172. The van der Waals surface area contributed by atoms with Gasteiger partial charge in [-0.05, 0) is 50.1 Å². The minimum absolute atomic E-state index is 0.172. The molecule has 1 aromatic carbocycles. The Balaban J connectivity index is 1.71. The van der Waals surface area contributed by atoms with E-state index in [-0.39, 0.29) is 5.56 Å². The lowest BCUT2D eigenvalue weighted by Gasteiger charge is -2.13. The smallest absolute Gasteiger partial charge is 0.267 e. The van der Waals surface area contributed by atoms with Crippen LogP contribution in [0.5, 0.6) is 11.6 Å². The van der Waals surface area contributed by atoms with Gasteiger partial charge in [0.25, 0.3) is 5.56 Å². The summed E-state index contributed by atoms with van der Waals surface area (Å²) < 4.78 is 6.00. The van der Waals surface area contributed by atoms with Gasteiger partial charge < -0.3 is 4.74 Å². The average molecular weight is 346 g/mol. The van der Waals surface area contributed by atoms with Crippen LogP contribution in [0, 0.1) is 20.8 Å². The first-order valence-electron chi connectivity index (χ1n) is 8.37. The number of rotatable bonds is 3. The lowest BCUT2D eigenvalue weighted by molar-refractivity contribution is 0.456. The highest BCUT2D eigenvalue weighted by molar-refractivity contribution is 5.85. The molecule has 0 unspecified atom stereocenters. The summed E-state index contributed by atoms with van der Waals surface area (Å²) >= 11 is 0. The summed E-state index contributed by atoms with van der Waals surface area (Å²) in [6.45, 7) is 6.28. The summed E-state index contributed by atoms with van der Waals surface area (Å²) in [4.78, 5) is 20.5. The molecule has 0 bridgehead atoms. The van der Waals surface area contributed by atoms with Crippen LogP contribution in [0.2, 0.25) is 0 Å². The molecule has 0 saturated carbocycles. The Kier molecular flexibility index (Phi) is 3.88. The number of ether oxygens (including phenoxy) is 1. The fourth-order valence-electron chi connectivity index (χ4n) is 3.24. The van der Waals surface area contributed by atoms with Crippen LogP contribution in [-0.2, 0) is 6.54 Å². The van der Waals surface area contributed by atoms with Crippen LogP contribution in [0.1, 0.15) is 27.9 Å². The van der Waals surface area contributed by atoms with Crippen molar-refractivity contribution in [3.8, 4) is 22.8 Å². The fourth-order valence-corrected chi connectivity index (χ4v) is 3.24. The number of hydrogen-bond acceptors (Lipinski definition) is 5. The maximum absolute atomic E-state index is 11.9. The molecule has 0 aliphatic carbocycles. The molecule has 3 aromatic rings. The lowest BCUT2D eigenvalue weighted by Crippen LogP contribution is -2.14. The number of aromatic amines is 1. The van der Waals surface area contributed by atoms with Crippen molar-refractivity contribution in [3.63, 3.8) is 0 Å². The quantitative estimate of drug-likeness (QED) is 0.787. The number of aryl methyl sites for hydroxylation is 2. The predicted octanol–water partition coefficient (Wildman–Crippen LogP) is 3.48. The second-order valence-corrected chi connectivity index (χ2v) is 6.37. The summed E-state index contributed by atoms with van der Waals surface area (Å²) in [6.07, 6.45) is 3.56. The van der Waals surface area contributed by atoms with Gasteiger partial charge in [0.2, 0.25) is 5.88 Å². The van der Waals surface area contributed by atoms with Gasteiger partial charge in [0.15, 0.2) is 0 Å². The first kappa shape index (κ1) is 16.2. The number of aromatic nitrogens is 3. The highest BCUT2D eigenvalue weighted by atomic mass is 16.5. The normalized spacial score (nSPS) is 12.3. The van der Waals surface area contributed by atoms with Crippen LogP contribution in [-0.4, -0.2) is 21.4 Å². The van der Waals surface area contributed by atoms with Gasteiger partial charge in [-0.3, -0.25) is 9.79 Å². The standard InChI is InChI=1S/C20H18N4O2/c1-11-8-15(26-20-17-10-21-9-14(17)6-7-22-20)4-5-16(11)18-12(2)19(25)24-23-13(18)3/h4-9H,10H2,1-3H3,(H,24,25). The highest BCUT2D eigenvalue weighted by Crippen LogP contribution is 2.33. The van der Waals surface area contributed by atoms with Gasteiger partial charge in [-0.15, -0.1) is 0 Å². The van der Waals surface area contributed by atoms with Crippen LogP contribution in [0.3, 0.4) is 0 Å². The minimum Gasteiger partial charge on any atom is -0.439 e. The van der Waals surface area contributed by atoms with E-state index in [2.05, 4.69) is 20.2 Å². The molecule has 1 aliphatic rings. The second kappa shape index (κ2) is 6.22. The van der Waals surface area contributed by atoms with E-state index in [1.54, 1.807) is 6.20 Å². The first-order valence-corrected chi connectivity index (χ1v) is 8.37. The number of pyridine rings is 1. The summed E-state index contributed by atoms with van der Waals surface area (Å²) in [5.41, 5.74) is 6.17. The molecule has 6 nitrogen and oxygen atoms in total. The van der Waals surface area contributed by atoms with Crippen molar-refractivity contribution in [2.45, 2.75) is 27.3 Å². The number of aliphatic imine (C=N–C) groups is 1. The van der Waals surface area contributed by atoms with Crippen molar-refractivity contribution in [2.24, 2.45) is 4.99 Å². The Morgan fingerprint density at radius 2 is 2.00 bits per heavy atom. The van der Waals surface area contributed by atoms with E-state index in [1.807, 2.05) is 51.3 Å². The fraction of sp³-hybridized carbons (Fsp3) is 0.200. The van der Waals surface area contributed by atoms with E-state index in [1.165, 1.54) is 0 Å². The van der Waals surface area contributed by atoms with Gasteiger partial charge in [0, 0.05) is 34.7 Å². The predicted molar refractivity (Wildman–Crippen MR) is 100 cm³/mol. The molecule has 0 radical (unpaired) electrons. The van der Waals surface area contributed by atoms with E-state index in [9.17, 15) is 4.79 Å². The number of nitrogens with zero attached hydrogens (tertiary/aromatic N) is 3. The zero-order chi connectivity index (χ0) is 18.3. The van der Waals surface area contributed by atoms with Gasteiger partial charge in [-0.2, -0.15) is 5.10 Å². The Bertz CT molecular complexity index is 1100. The van der Waals surface area contributed by atoms with Crippen LogP contribution in [0.15, 0.2) is 40.2 Å². The largest absolute Gasteiger partial charge is 0.439 e. The molecule has 4 rings (SSSR count). The molecule has 0 spiro atoms. The molecule has 1 N–H and O–H groups in total. The van der Waals surface area contributed by atoms with Crippen molar-refractivity contribution in [1.82, 2.24) is 15.2 Å². The number of hydrogen-bond donors (Lipinski definition) is 1. The molecular weight excluding hydrogens is 328 g/mol. The second-order valence-electron chi connectivity index (χ2n) is 6.37. The molecule has 26 heavy (non-hydrogen) atoms. The van der Waals surface area contributed by atoms with Crippen LogP contribution in [0.4, 0.5) is 0 Å². The zero-order valence-corrected chi connectivity index (χ0v) is 14.8. The zero-order valence-electron chi connectivity index (χ0n) is 14.8. The molecule has 0 saturated heterocycles. The van der Waals surface area contributed by atoms with E-state index >= 15 is 0 Å². The monoisotopic (exact) mass is 346 g/mol. The third-order valence-electron chi connectivity index (χ3n) is 4.62. The van der Waals surface area contributed by atoms with Gasteiger partial charge in [-0.1, -0.05) is 6.07 Å². The number of benzene rings is 1. The van der Waals surface area contributed by atoms with Crippen LogP contribution >= 0.6 is 0 Å². The number of H-pyrrole nitrogens is 1. The lowest BCUT2D eigenvalue weighted by atomic mass is 9.96. The van der Waals surface area contributed by atoms with E-state index < -0.39 is 0 Å². The number of fused-ring (bicyclic) bond motifs is 1. The first-order chi connectivity index (χ1) is 12.5. The maximum atomic E-state index is 11.9. The third-order valence-corrected chi connectivity index (χ3v) is 4.62. The van der Waals surface area contributed by atoms with Crippen LogP contribution < -0.4 is 10.3 Å². The maximum Gasteiger partial charge on any atom is 0.267 e. The summed E-state index contributed by atoms with van der Waals surface area (Å²) in [5, 5.41) is 6.61. The van der Waals surface area contributed by atoms with Crippen molar-refractivity contribution in [1.29, 1.82) is 0 Å². The number of nitrogens with one attached hydrogen (secondary N) is 1. The molecule has 0 atom stereocenters. The van der Waals surface area contributed by atoms with E-state index in [0.717, 1.165) is 33.5 Å². The van der Waals surface area contributed by atoms with Gasteiger partial charge in [0.05, 0.1) is 12.2 Å². The Morgan fingerprint density at radius 1 is 1.15 bits per heavy atom. The highest BCUT2D eigenvalue weighted by Gasteiger charge is 2.16. The SMILES string of the molecule is Cc1cc(Oc2nccc3c2CN=C3)ccc1-c1c(C)n[nH]c(=O)c1C. The van der Waals surface area contributed by atoms with Crippen molar-refractivity contribution in [2.75, 3.05) is 0 Å². The molecule has 2 aromatic heterocycles. The summed E-state index contributed by atoms with van der Waals surface area (Å²) in [5.74, 6) is 1.28. The topological polar surface area (TPSA) is 80.2 Å². The molecule has 1 aliphatic heterocycles. The van der Waals surface area contributed by atoms with Crippen LogP contribution in [0.25, 0.3) is 11.1 Å². The van der Waals surface area contributed by atoms with Gasteiger partial charge in [-0.25, -0.2) is 10.1 Å².